The van der Waals surface area contributed by atoms with Gasteiger partial charge in [0.05, 0.1) is 26.0 Å². The van der Waals surface area contributed by atoms with Crippen LogP contribution in [0.4, 0.5) is 4.39 Å². The molecule has 0 spiro atoms. The number of aromatic nitrogens is 4. The molecule has 1 atom stereocenters. The van der Waals surface area contributed by atoms with Crippen molar-refractivity contribution in [1.82, 2.24) is 19.5 Å². The third kappa shape index (κ3) is 3.19. The van der Waals surface area contributed by atoms with Gasteiger partial charge in [-0.1, -0.05) is 6.07 Å². The van der Waals surface area contributed by atoms with Gasteiger partial charge in [-0.2, -0.15) is 0 Å². The summed E-state index contributed by atoms with van der Waals surface area (Å²) in [6.45, 7) is 0.220. The van der Waals surface area contributed by atoms with Gasteiger partial charge in [0.15, 0.2) is 17.4 Å². The maximum atomic E-state index is 13.8. The summed E-state index contributed by atoms with van der Waals surface area (Å²) in [5, 5.41) is 10.4. The number of aliphatic hydroxyl groups is 1. The molecule has 3 rings (SSSR count). The molecule has 0 bridgehead atoms. The predicted molar refractivity (Wildman–Crippen MR) is 81.2 cm³/mol. The lowest BCUT2D eigenvalue weighted by atomic mass is 10.1. The van der Waals surface area contributed by atoms with E-state index in [0.29, 0.717) is 17.1 Å². The van der Waals surface area contributed by atoms with Crippen molar-refractivity contribution >= 4 is 0 Å². The molecule has 0 aliphatic rings. The van der Waals surface area contributed by atoms with E-state index in [0.717, 1.165) is 0 Å². The molecule has 0 aliphatic carbocycles. The van der Waals surface area contributed by atoms with Gasteiger partial charge >= 0.3 is 0 Å². The molecule has 7 heteroatoms. The number of methoxy groups -OCH3 is 1. The number of imidazole rings is 1. The van der Waals surface area contributed by atoms with Gasteiger partial charge in [0.1, 0.15) is 5.69 Å². The SMILES string of the molecule is COc1ccc(C(O)Cn2ccnc2-c2cnccn2)cc1F. The van der Waals surface area contributed by atoms with Crippen LogP contribution in [-0.2, 0) is 6.54 Å². The Bertz CT molecular complexity index is 792. The molecular weight excluding hydrogens is 299 g/mol. The Hall–Kier alpha value is -2.80. The topological polar surface area (TPSA) is 73.1 Å². The Morgan fingerprint density at radius 1 is 1.26 bits per heavy atom. The molecule has 1 N–H and O–H groups in total. The first-order valence-electron chi connectivity index (χ1n) is 6.98. The highest BCUT2D eigenvalue weighted by Gasteiger charge is 2.15. The van der Waals surface area contributed by atoms with Crippen LogP contribution in [0.2, 0.25) is 0 Å². The fourth-order valence-electron chi connectivity index (χ4n) is 2.29. The Morgan fingerprint density at radius 3 is 2.83 bits per heavy atom. The maximum Gasteiger partial charge on any atom is 0.165 e. The van der Waals surface area contributed by atoms with Gasteiger partial charge in [0, 0.05) is 24.8 Å². The van der Waals surface area contributed by atoms with Crippen LogP contribution in [0.25, 0.3) is 11.5 Å². The Morgan fingerprint density at radius 2 is 2.13 bits per heavy atom. The third-order valence-corrected chi connectivity index (χ3v) is 3.44. The molecule has 118 valence electrons. The van der Waals surface area contributed by atoms with Crippen LogP contribution in [0, 0.1) is 5.82 Å². The molecule has 0 saturated carbocycles. The predicted octanol–water partition coefficient (Wildman–Crippen LogP) is 2.22. The van der Waals surface area contributed by atoms with Gasteiger partial charge in [-0.05, 0) is 17.7 Å². The summed E-state index contributed by atoms with van der Waals surface area (Å²) < 4.78 is 20.4. The van der Waals surface area contributed by atoms with Crippen LogP contribution in [-0.4, -0.2) is 31.7 Å². The quantitative estimate of drug-likeness (QED) is 0.782. The normalized spacial score (nSPS) is 12.1. The van der Waals surface area contributed by atoms with Gasteiger partial charge < -0.3 is 14.4 Å². The number of hydrogen-bond acceptors (Lipinski definition) is 5. The average Bonchev–Trinajstić information content (AvgIpc) is 3.03. The van der Waals surface area contributed by atoms with E-state index in [9.17, 15) is 9.50 Å². The van der Waals surface area contributed by atoms with Crippen molar-refractivity contribution < 1.29 is 14.2 Å². The van der Waals surface area contributed by atoms with E-state index in [1.54, 1.807) is 41.6 Å². The fraction of sp³-hybridized carbons (Fsp3) is 0.188. The van der Waals surface area contributed by atoms with Crippen LogP contribution in [0.15, 0.2) is 49.2 Å². The first-order valence-corrected chi connectivity index (χ1v) is 6.98. The van der Waals surface area contributed by atoms with E-state index in [1.807, 2.05) is 0 Å². The minimum atomic E-state index is -0.889. The van der Waals surface area contributed by atoms with Gasteiger partial charge in [0.2, 0.25) is 0 Å². The number of benzene rings is 1. The van der Waals surface area contributed by atoms with Crippen molar-refractivity contribution in [1.29, 1.82) is 0 Å². The molecule has 2 aromatic heterocycles. The van der Waals surface area contributed by atoms with E-state index in [-0.39, 0.29) is 12.3 Å². The van der Waals surface area contributed by atoms with Gasteiger partial charge in [-0.15, -0.1) is 0 Å². The maximum absolute atomic E-state index is 13.8. The molecule has 0 amide bonds. The molecule has 23 heavy (non-hydrogen) atoms. The number of hydrogen-bond donors (Lipinski definition) is 1. The third-order valence-electron chi connectivity index (χ3n) is 3.44. The van der Waals surface area contributed by atoms with Crippen molar-refractivity contribution in [2.75, 3.05) is 7.11 Å². The van der Waals surface area contributed by atoms with E-state index >= 15 is 0 Å². The van der Waals surface area contributed by atoms with Crippen molar-refractivity contribution in [3.63, 3.8) is 0 Å². The molecule has 1 unspecified atom stereocenters. The summed E-state index contributed by atoms with van der Waals surface area (Å²) in [4.78, 5) is 12.4. The molecule has 3 aromatic rings. The number of nitrogens with zero attached hydrogens (tertiary/aromatic N) is 4. The largest absolute Gasteiger partial charge is 0.494 e. The lowest BCUT2D eigenvalue weighted by Crippen LogP contribution is -2.10. The van der Waals surface area contributed by atoms with Crippen LogP contribution in [0.5, 0.6) is 5.75 Å². The first kappa shape index (κ1) is 15.1. The van der Waals surface area contributed by atoms with Gasteiger partial charge in [0.25, 0.3) is 0 Å². The second kappa shape index (κ2) is 6.53. The smallest absolute Gasteiger partial charge is 0.165 e. The van der Waals surface area contributed by atoms with Crippen molar-refractivity contribution in [3.05, 3.63) is 60.6 Å². The molecule has 6 nitrogen and oxygen atoms in total. The van der Waals surface area contributed by atoms with Gasteiger partial charge in [-0.25, -0.2) is 14.4 Å². The van der Waals surface area contributed by atoms with E-state index < -0.39 is 11.9 Å². The Balaban J connectivity index is 1.83. The standard InChI is InChI=1S/C16H15FN4O2/c1-23-15-3-2-11(8-12(15)17)14(22)10-21-7-6-20-16(21)13-9-18-4-5-19-13/h2-9,14,22H,10H2,1H3. The van der Waals surface area contributed by atoms with Crippen LogP contribution >= 0.6 is 0 Å². The summed E-state index contributed by atoms with van der Waals surface area (Å²) in [7, 11) is 1.40. The van der Waals surface area contributed by atoms with E-state index in [2.05, 4.69) is 15.0 Å². The molecule has 2 heterocycles. The minimum Gasteiger partial charge on any atom is -0.494 e. The number of rotatable bonds is 5. The monoisotopic (exact) mass is 314 g/mol. The molecular formula is C16H15FN4O2. The Kier molecular flexibility index (Phi) is 4.29. The summed E-state index contributed by atoms with van der Waals surface area (Å²) in [5.74, 6) is 0.221. The van der Waals surface area contributed by atoms with Crippen molar-refractivity contribution in [3.8, 4) is 17.3 Å². The minimum absolute atomic E-state index is 0.142. The zero-order valence-corrected chi connectivity index (χ0v) is 12.4. The second-order valence-corrected chi connectivity index (χ2v) is 4.90. The summed E-state index contributed by atoms with van der Waals surface area (Å²) in [6, 6.07) is 4.39. The highest BCUT2D eigenvalue weighted by Crippen LogP contribution is 2.24. The first-order chi connectivity index (χ1) is 11.2. The van der Waals surface area contributed by atoms with Gasteiger partial charge in [-0.3, -0.25) is 4.98 Å². The number of halogens is 1. The van der Waals surface area contributed by atoms with Crippen molar-refractivity contribution in [2.24, 2.45) is 0 Å². The lowest BCUT2D eigenvalue weighted by molar-refractivity contribution is 0.156. The van der Waals surface area contributed by atoms with Crippen LogP contribution < -0.4 is 4.74 Å². The summed E-state index contributed by atoms with van der Waals surface area (Å²) in [5.41, 5.74) is 1.06. The molecule has 1 aromatic carbocycles. The summed E-state index contributed by atoms with van der Waals surface area (Å²) >= 11 is 0. The summed E-state index contributed by atoms with van der Waals surface area (Å²) in [6.07, 6.45) is 7.20. The fourth-order valence-corrected chi connectivity index (χ4v) is 2.29. The zero-order chi connectivity index (χ0) is 16.2. The van der Waals surface area contributed by atoms with E-state index in [4.69, 9.17) is 4.74 Å². The van der Waals surface area contributed by atoms with Crippen LogP contribution in [0.1, 0.15) is 11.7 Å². The zero-order valence-electron chi connectivity index (χ0n) is 12.4. The van der Waals surface area contributed by atoms with E-state index in [1.165, 1.54) is 19.2 Å². The second-order valence-electron chi connectivity index (χ2n) is 4.90. The molecule has 0 fully saturated rings. The molecule has 0 radical (unpaired) electrons. The highest BCUT2D eigenvalue weighted by atomic mass is 19.1. The lowest BCUT2D eigenvalue weighted by Gasteiger charge is -2.14. The Labute approximate surface area is 132 Å². The van der Waals surface area contributed by atoms with Crippen LogP contribution in [0.3, 0.4) is 0 Å². The van der Waals surface area contributed by atoms with Crippen molar-refractivity contribution in [2.45, 2.75) is 12.6 Å². The molecule has 0 saturated heterocycles. The average molecular weight is 314 g/mol. The molecule has 0 aliphatic heterocycles. The number of ether oxygens (including phenoxy) is 1. The highest BCUT2D eigenvalue weighted by molar-refractivity contribution is 5.47. The number of aliphatic hydroxyl groups excluding tert-OH is 1.